The highest BCUT2D eigenvalue weighted by Crippen LogP contribution is 2.42. The maximum Gasteiger partial charge on any atom is 0.434 e. The van der Waals surface area contributed by atoms with Crippen LogP contribution < -0.4 is 4.90 Å². The molecular formula is C25H31ClF6N4O3. The summed E-state index contributed by atoms with van der Waals surface area (Å²) in [6.07, 6.45) is -14.4. The van der Waals surface area contributed by atoms with E-state index >= 15 is 0 Å². The fourth-order valence-electron chi connectivity index (χ4n) is 5.62. The number of amides is 2. The lowest BCUT2D eigenvalue weighted by Gasteiger charge is -2.41. The largest absolute Gasteiger partial charge is 0.434 e. The minimum Gasteiger partial charge on any atom is -0.426 e. The van der Waals surface area contributed by atoms with Crippen molar-refractivity contribution in [3.8, 4) is 0 Å². The number of piperazine rings is 1. The lowest BCUT2D eigenvalue weighted by Crippen LogP contribution is -2.52. The van der Waals surface area contributed by atoms with Gasteiger partial charge in [0, 0.05) is 76.5 Å². The van der Waals surface area contributed by atoms with Crippen LogP contribution in [0.1, 0.15) is 31.7 Å². The molecule has 0 N–H and O–H groups in total. The molecule has 3 aliphatic rings. The van der Waals surface area contributed by atoms with Gasteiger partial charge in [0.1, 0.15) is 0 Å². The normalized spacial score (nSPS) is 20.7. The molecular weight excluding hydrogens is 554 g/mol. The highest BCUT2D eigenvalue weighted by Gasteiger charge is 2.60. The van der Waals surface area contributed by atoms with Gasteiger partial charge < -0.3 is 19.4 Å². The van der Waals surface area contributed by atoms with E-state index in [2.05, 4.69) is 9.64 Å². The molecule has 0 bridgehead atoms. The fraction of sp³-hybridized carbons (Fsp3) is 0.680. The molecule has 218 valence electrons. The van der Waals surface area contributed by atoms with Crippen molar-refractivity contribution in [1.29, 1.82) is 0 Å². The van der Waals surface area contributed by atoms with E-state index in [9.17, 15) is 35.9 Å². The van der Waals surface area contributed by atoms with E-state index in [4.69, 9.17) is 11.6 Å². The van der Waals surface area contributed by atoms with Crippen LogP contribution in [0.3, 0.4) is 0 Å². The Balaban J connectivity index is 1.34. The van der Waals surface area contributed by atoms with Gasteiger partial charge in [-0.15, -0.1) is 0 Å². The third kappa shape index (κ3) is 7.03. The number of rotatable bonds is 4. The number of benzene rings is 1. The quantitative estimate of drug-likeness (QED) is 0.470. The summed E-state index contributed by atoms with van der Waals surface area (Å²) in [6, 6.07) is 5.58. The van der Waals surface area contributed by atoms with Crippen LogP contribution >= 0.6 is 11.6 Å². The topological polar surface area (TPSA) is 56.3 Å². The fourth-order valence-corrected chi connectivity index (χ4v) is 5.79. The van der Waals surface area contributed by atoms with E-state index in [0.29, 0.717) is 11.6 Å². The Morgan fingerprint density at radius 2 is 1.51 bits per heavy atom. The number of halogens is 7. The summed E-state index contributed by atoms with van der Waals surface area (Å²) in [6.45, 7) is 5.61. The van der Waals surface area contributed by atoms with Gasteiger partial charge in [-0.3, -0.25) is 9.69 Å². The zero-order chi connectivity index (χ0) is 28.6. The predicted octanol–water partition coefficient (Wildman–Crippen LogP) is 4.93. The maximum atomic E-state index is 12.7. The third-order valence-corrected chi connectivity index (χ3v) is 8.17. The van der Waals surface area contributed by atoms with E-state index in [1.54, 1.807) is 13.0 Å². The summed E-state index contributed by atoms with van der Waals surface area (Å²) >= 11 is 6.31. The van der Waals surface area contributed by atoms with E-state index in [1.807, 2.05) is 21.9 Å². The molecule has 3 fully saturated rings. The molecule has 2 amide bonds. The third-order valence-electron chi connectivity index (χ3n) is 7.93. The lowest BCUT2D eigenvalue weighted by atomic mass is 9.77. The van der Waals surface area contributed by atoms with Crippen LogP contribution in [0.25, 0.3) is 0 Å². The first-order valence-electron chi connectivity index (χ1n) is 12.8. The van der Waals surface area contributed by atoms with Gasteiger partial charge >= 0.3 is 18.4 Å². The Labute approximate surface area is 227 Å². The number of nitrogens with zero attached hydrogens (tertiary/aromatic N) is 4. The first-order valence-corrected chi connectivity index (χ1v) is 13.1. The summed E-state index contributed by atoms with van der Waals surface area (Å²) < 4.78 is 80.3. The first kappa shape index (κ1) is 29.6. The van der Waals surface area contributed by atoms with Crippen molar-refractivity contribution in [3.63, 3.8) is 0 Å². The molecule has 3 saturated heterocycles. The van der Waals surface area contributed by atoms with Crippen molar-refractivity contribution < 1.29 is 40.7 Å². The van der Waals surface area contributed by atoms with Crippen molar-refractivity contribution in [1.82, 2.24) is 14.7 Å². The summed E-state index contributed by atoms with van der Waals surface area (Å²) in [5, 5.41) is 0.578. The second kappa shape index (κ2) is 11.2. The number of piperidine rings is 1. The molecule has 0 radical (unpaired) electrons. The Bertz CT molecular complexity index is 1040. The van der Waals surface area contributed by atoms with E-state index in [0.717, 1.165) is 61.6 Å². The van der Waals surface area contributed by atoms with Crippen LogP contribution in [0, 0.1) is 5.41 Å². The van der Waals surface area contributed by atoms with Crippen molar-refractivity contribution in [2.45, 2.75) is 51.2 Å². The number of carbonyl (C=O) groups is 2. The van der Waals surface area contributed by atoms with Crippen LogP contribution in [0.2, 0.25) is 5.02 Å². The summed E-state index contributed by atoms with van der Waals surface area (Å²) in [5.74, 6) is 0.0975. The zero-order valence-electron chi connectivity index (χ0n) is 21.5. The van der Waals surface area contributed by atoms with Gasteiger partial charge in [-0.1, -0.05) is 17.7 Å². The lowest BCUT2D eigenvalue weighted by molar-refractivity contribution is -0.308. The molecule has 0 aromatic heterocycles. The van der Waals surface area contributed by atoms with Crippen molar-refractivity contribution >= 4 is 29.3 Å². The Kier molecular flexibility index (Phi) is 8.51. The number of likely N-dealkylation sites (tertiary alicyclic amines) is 1. The van der Waals surface area contributed by atoms with Gasteiger partial charge in [0.25, 0.3) is 6.10 Å². The van der Waals surface area contributed by atoms with E-state index in [1.165, 1.54) is 0 Å². The number of hydrogen-bond donors (Lipinski definition) is 0. The summed E-state index contributed by atoms with van der Waals surface area (Å²) in [5.41, 5.74) is 2.08. The van der Waals surface area contributed by atoms with Crippen LogP contribution in [0.15, 0.2) is 18.2 Å². The van der Waals surface area contributed by atoms with E-state index < -0.39 is 24.5 Å². The minimum atomic E-state index is -5.75. The van der Waals surface area contributed by atoms with Crippen molar-refractivity contribution in [2.75, 3.05) is 57.3 Å². The molecule has 4 rings (SSSR count). The van der Waals surface area contributed by atoms with E-state index in [-0.39, 0.29) is 37.5 Å². The van der Waals surface area contributed by atoms with Gasteiger partial charge in [-0.25, -0.2) is 4.79 Å². The molecule has 1 spiro atoms. The van der Waals surface area contributed by atoms with Crippen LogP contribution in [-0.4, -0.2) is 97.5 Å². The highest BCUT2D eigenvalue weighted by atomic mass is 35.5. The van der Waals surface area contributed by atoms with Crippen molar-refractivity contribution in [3.05, 3.63) is 28.8 Å². The molecule has 3 aliphatic heterocycles. The maximum absolute atomic E-state index is 12.7. The Morgan fingerprint density at radius 1 is 0.923 bits per heavy atom. The molecule has 1 aromatic rings. The first-order chi connectivity index (χ1) is 18.2. The van der Waals surface area contributed by atoms with Gasteiger partial charge in [0.2, 0.25) is 5.91 Å². The molecule has 0 unspecified atom stereocenters. The number of alkyl halides is 6. The smallest absolute Gasteiger partial charge is 0.426 e. The summed E-state index contributed by atoms with van der Waals surface area (Å²) in [4.78, 5) is 30.9. The standard InChI is InChI=1S/C25H31ClF6N4O3/c1-17(37)36-9-6-23(16-36)4-7-34(8-5-23)20-14-19(26)3-2-18(20)15-33-10-12-35(13-11-33)22(38)39-21(24(27,28)29)25(30,31)32/h2-3,14,21H,4-13,15-16H2,1H3. The van der Waals surface area contributed by atoms with Crippen LogP contribution in [-0.2, 0) is 16.1 Å². The molecule has 0 atom stereocenters. The molecule has 0 aliphatic carbocycles. The van der Waals surface area contributed by atoms with Crippen molar-refractivity contribution in [2.24, 2.45) is 5.41 Å². The van der Waals surface area contributed by atoms with Gasteiger partial charge in [0.15, 0.2) is 0 Å². The van der Waals surface area contributed by atoms with Crippen LogP contribution in [0.4, 0.5) is 36.8 Å². The van der Waals surface area contributed by atoms with Gasteiger partial charge in [0.05, 0.1) is 0 Å². The predicted molar refractivity (Wildman–Crippen MR) is 131 cm³/mol. The average molecular weight is 585 g/mol. The number of anilines is 1. The minimum absolute atomic E-state index is 0.0664. The molecule has 14 heteroatoms. The van der Waals surface area contributed by atoms with Gasteiger partial charge in [-0.2, -0.15) is 26.3 Å². The molecule has 7 nitrogen and oxygen atoms in total. The summed E-state index contributed by atoms with van der Waals surface area (Å²) in [7, 11) is 0. The molecule has 39 heavy (non-hydrogen) atoms. The monoisotopic (exact) mass is 584 g/mol. The highest BCUT2D eigenvalue weighted by molar-refractivity contribution is 6.30. The number of ether oxygens (including phenoxy) is 1. The SMILES string of the molecule is CC(=O)N1CCC2(CCN(c3cc(Cl)ccc3CN3CCN(C(=O)OC(C(F)(F)F)C(F)(F)F)CC3)CC2)C1. The second-order valence-corrected chi connectivity index (χ2v) is 11.0. The zero-order valence-corrected chi connectivity index (χ0v) is 22.2. The van der Waals surface area contributed by atoms with Crippen LogP contribution in [0.5, 0.6) is 0 Å². The number of carbonyl (C=O) groups excluding carboxylic acids is 2. The molecule has 1 aromatic carbocycles. The van der Waals surface area contributed by atoms with Gasteiger partial charge in [-0.05, 0) is 42.4 Å². The number of hydrogen-bond acceptors (Lipinski definition) is 5. The second-order valence-electron chi connectivity index (χ2n) is 10.6. The average Bonchev–Trinajstić information content (AvgIpc) is 3.27. The molecule has 0 saturated carbocycles. The molecule has 3 heterocycles. The Hall–Kier alpha value is -2.41. The Morgan fingerprint density at radius 3 is 2.05 bits per heavy atom.